The Balaban J connectivity index is 1.92. The Hall–Kier alpha value is -3.86. The molecule has 0 radical (unpaired) electrons. The van der Waals surface area contributed by atoms with Crippen LogP contribution in [0.2, 0.25) is 0 Å². The molecule has 1 aliphatic rings. The first kappa shape index (κ1) is 20.4. The van der Waals surface area contributed by atoms with Gasteiger partial charge in [0.15, 0.2) is 0 Å². The molecule has 1 saturated heterocycles. The van der Waals surface area contributed by atoms with Crippen LogP contribution in [0.5, 0.6) is 5.75 Å². The number of benzene rings is 3. The molecule has 4 rings (SSSR count). The lowest BCUT2D eigenvalue weighted by Crippen LogP contribution is -2.29. The largest absolute Gasteiger partial charge is 0.507 e. The second-order valence-corrected chi connectivity index (χ2v) is 7.58. The summed E-state index contributed by atoms with van der Waals surface area (Å²) in [6, 6.07) is 20.9. The van der Waals surface area contributed by atoms with Crippen molar-refractivity contribution in [2.45, 2.75) is 19.9 Å². The Bertz CT molecular complexity index is 1180. The molecule has 0 saturated carbocycles. The number of aliphatic hydroxyl groups excluding tert-OH is 1. The molecule has 0 bridgehead atoms. The number of hydrogen-bond donors (Lipinski definition) is 1. The van der Waals surface area contributed by atoms with Crippen LogP contribution in [0.3, 0.4) is 0 Å². The third-order valence-corrected chi connectivity index (χ3v) is 5.69. The SMILES string of the molecule is COc1ccc(N2C(=O)C(=O)/C(=C(\O)c3ccc(C)c(C)c3)C2c2ccccc2)cc1. The Morgan fingerprint density at radius 3 is 2.19 bits per heavy atom. The van der Waals surface area contributed by atoms with E-state index in [0.717, 1.165) is 16.7 Å². The topological polar surface area (TPSA) is 66.8 Å². The fourth-order valence-electron chi connectivity index (χ4n) is 3.84. The minimum absolute atomic E-state index is 0.0790. The number of aryl methyl sites for hydroxylation is 2. The molecule has 156 valence electrons. The molecule has 1 fully saturated rings. The summed E-state index contributed by atoms with van der Waals surface area (Å²) in [7, 11) is 1.56. The third kappa shape index (κ3) is 3.59. The normalized spacial score (nSPS) is 17.8. The van der Waals surface area contributed by atoms with E-state index < -0.39 is 17.7 Å². The van der Waals surface area contributed by atoms with E-state index in [1.54, 1.807) is 37.4 Å². The number of ketones is 1. The number of anilines is 1. The first-order valence-electron chi connectivity index (χ1n) is 10.00. The number of carbonyl (C=O) groups excluding carboxylic acids is 2. The Morgan fingerprint density at radius 1 is 0.903 bits per heavy atom. The van der Waals surface area contributed by atoms with Crippen LogP contribution < -0.4 is 9.64 Å². The van der Waals surface area contributed by atoms with Crippen molar-refractivity contribution in [3.8, 4) is 5.75 Å². The smallest absolute Gasteiger partial charge is 0.300 e. The average Bonchev–Trinajstić information content (AvgIpc) is 3.06. The number of methoxy groups -OCH3 is 1. The van der Waals surface area contributed by atoms with Gasteiger partial charge in [0, 0.05) is 11.3 Å². The molecule has 31 heavy (non-hydrogen) atoms. The predicted octanol–water partition coefficient (Wildman–Crippen LogP) is 4.94. The van der Waals surface area contributed by atoms with Gasteiger partial charge in [0.05, 0.1) is 18.7 Å². The van der Waals surface area contributed by atoms with Crippen molar-refractivity contribution >= 4 is 23.1 Å². The molecule has 5 heteroatoms. The van der Waals surface area contributed by atoms with E-state index in [4.69, 9.17) is 4.74 Å². The summed E-state index contributed by atoms with van der Waals surface area (Å²) < 4.78 is 5.21. The zero-order chi connectivity index (χ0) is 22.1. The fraction of sp³-hybridized carbons (Fsp3) is 0.154. The molecule has 3 aromatic carbocycles. The maximum atomic E-state index is 13.1. The second-order valence-electron chi connectivity index (χ2n) is 7.58. The summed E-state index contributed by atoms with van der Waals surface area (Å²) in [6.45, 7) is 3.92. The van der Waals surface area contributed by atoms with E-state index in [9.17, 15) is 14.7 Å². The number of hydrogen-bond acceptors (Lipinski definition) is 4. The van der Waals surface area contributed by atoms with Crippen molar-refractivity contribution in [2.24, 2.45) is 0 Å². The Kier molecular flexibility index (Phi) is 5.34. The van der Waals surface area contributed by atoms with Crippen molar-refractivity contribution in [1.82, 2.24) is 0 Å². The van der Waals surface area contributed by atoms with Crippen LogP contribution in [0.1, 0.15) is 28.3 Å². The van der Waals surface area contributed by atoms with Gasteiger partial charge in [-0.25, -0.2) is 0 Å². The molecule has 1 amide bonds. The van der Waals surface area contributed by atoms with E-state index in [1.165, 1.54) is 4.90 Å². The number of amides is 1. The van der Waals surface area contributed by atoms with Crippen LogP contribution >= 0.6 is 0 Å². The highest BCUT2D eigenvalue weighted by Crippen LogP contribution is 2.42. The quantitative estimate of drug-likeness (QED) is 0.374. The van der Waals surface area contributed by atoms with Gasteiger partial charge < -0.3 is 9.84 Å². The van der Waals surface area contributed by atoms with Crippen molar-refractivity contribution in [2.75, 3.05) is 12.0 Å². The van der Waals surface area contributed by atoms with E-state index >= 15 is 0 Å². The minimum atomic E-state index is -0.740. The molecule has 1 N–H and O–H groups in total. The van der Waals surface area contributed by atoms with Gasteiger partial charge in [-0.3, -0.25) is 14.5 Å². The highest BCUT2D eigenvalue weighted by atomic mass is 16.5. The van der Waals surface area contributed by atoms with Gasteiger partial charge in [0.2, 0.25) is 0 Å². The van der Waals surface area contributed by atoms with E-state index in [2.05, 4.69) is 0 Å². The molecule has 0 spiro atoms. The van der Waals surface area contributed by atoms with Gasteiger partial charge in [-0.2, -0.15) is 0 Å². The standard InChI is InChI=1S/C26H23NO4/c1-16-9-10-19(15-17(16)2)24(28)22-23(18-7-5-4-6-8-18)27(26(30)25(22)29)20-11-13-21(31-3)14-12-20/h4-15,23,28H,1-3H3/b24-22-. The summed E-state index contributed by atoms with van der Waals surface area (Å²) in [5, 5.41) is 11.2. The minimum Gasteiger partial charge on any atom is -0.507 e. The summed E-state index contributed by atoms with van der Waals surface area (Å²) in [6.07, 6.45) is 0. The number of nitrogens with zero attached hydrogens (tertiary/aromatic N) is 1. The van der Waals surface area contributed by atoms with Crippen LogP contribution in [-0.4, -0.2) is 23.9 Å². The highest BCUT2D eigenvalue weighted by Gasteiger charge is 2.46. The lowest BCUT2D eigenvalue weighted by molar-refractivity contribution is -0.132. The van der Waals surface area contributed by atoms with E-state index in [0.29, 0.717) is 17.0 Å². The van der Waals surface area contributed by atoms with Gasteiger partial charge in [-0.05, 0) is 60.9 Å². The zero-order valence-electron chi connectivity index (χ0n) is 17.6. The van der Waals surface area contributed by atoms with Crippen molar-refractivity contribution in [3.63, 3.8) is 0 Å². The van der Waals surface area contributed by atoms with Gasteiger partial charge in [0.25, 0.3) is 11.7 Å². The number of carbonyl (C=O) groups is 2. The van der Waals surface area contributed by atoms with Crippen molar-refractivity contribution < 1.29 is 19.4 Å². The van der Waals surface area contributed by atoms with Crippen LogP contribution in [0.4, 0.5) is 5.69 Å². The Labute approximate surface area is 181 Å². The van der Waals surface area contributed by atoms with Gasteiger partial charge in [0.1, 0.15) is 11.5 Å². The third-order valence-electron chi connectivity index (χ3n) is 5.69. The first-order chi connectivity index (χ1) is 14.9. The monoisotopic (exact) mass is 413 g/mol. The maximum Gasteiger partial charge on any atom is 0.300 e. The van der Waals surface area contributed by atoms with Gasteiger partial charge >= 0.3 is 0 Å². The molecular formula is C26H23NO4. The van der Waals surface area contributed by atoms with E-state index in [-0.39, 0.29) is 11.3 Å². The summed E-state index contributed by atoms with van der Waals surface area (Å²) in [5.74, 6) is -0.914. The summed E-state index contributed by atoms with van der Waals surface area (Å²) in [4.78, 5) is 27.7. The number of Topliss-reactive ketones (excluding diaryl/α,β-unsaturated/α-hetero) is 1. The zero-order valence-corrected chi connectivity index (χ0v) is 17.6. The first-order valence-corrected chi connectivity index (χ1v) is 10.00. The molecule has 0 aliphatic carbocycles. The van der Waals surface area contributed by atoms with Crippen LogP contribution in [0, 0.1) is 13.8 Å². The fourth-order valence-corrected chi connectivity index (χ4v) is 3.84. The predicted molar refractivity (Wildman–Crippen MR) is 120 cm³/mol. The summed E-state index contributed by atoms with van der Waals surface area (Å²) in [5.41, 5.74) is 3.95. The number of rotatable bonds is 4. The van der Waals surface area contributed by atoms with Crippen LogP contribution in [-0.2, 0) is 9.59 Å². The van der Waals surface area contributed by atoms with Gasteiger partial charge in [-0.1, -0.05) is 42.5 Å². The molecule has 1 heterocycles. The molecular weight excluding hydrogens is 390 g/mol. The Morgan fingerprint density at radius 2 is 1.58 bits per heavy atom. The van der Waals surface area contributed by atoms with Gasteiger partial charge in [-0.15, -0.1) is 0 Å². The summed E-state index contributed by atoms with van der Waals surface area (Å²) >= 11 is 0. The lowest BCUT2D eigenvalue weighted by atomic mass is 9.94. The molecule has 1 unspecified atom stereocenters. The van der Waals surface area contributed by atoms with Crippen LogP contribution in [0.25, 0.3) is 5.76 Å². The molecule has 5 nitrogen and oxygen atoms in total. The maximum absolute atomic E-state index is 13.1. The van der Waals surface area contributed by atoms with Crippen molar-refractivity contribution in [3.05, 3.63) is 101 Å². The number of ether oxygens (including phenoxy) is 1. The van der Waals surface area contributed by atoms with Crippen LogP contribution in [0.15, 0.2) is 78.4 Å². The lowest BCUT2D eigenvalue weighted by Gasteiger charge is -2.25. The average molecular weight is 413 g/mol. The molecule has 1 aliphatic heterocycles. The highest BCUT2D eigenvalue weighted by molar-refractivity contribution is 6.51. The molecule has 3 aromatic rings. The second kappa shape index (κ2) is 8.11. The number of aliphatic hydroxyl groups is 1. The van der Waals surface area contributed by atoms with E-state index in [1.807, 2.05) is 56.3 Å². The molecule has 1 atom stereocenters. The molecule has 0 aromatic heterocycles. The van der Waals surface area contributed by atoms with Crippen molar-refractivity contribution in [1.29, 1.82) is 0 Å².